The smallest absolute Gasteiger partial charge is 0.246 e. The topological polar surface area (TPSA) is 133 Å². The first kappa shape index (κ1) is 32.0. The minimum absolute atomic E-state index is 0.0226. The van der Waals surface area contributed by atoms with Gasteiger partial charge in [0.1, 0.15) is 18.1 Å². The molecule has 4 rings (SSSR count). The lowest BCUT2D eigenvalue weighted by Crippen LogP contribution is -2.62. The molecule has 0 radical (unpaired) electrons. The van der Waals surface area contributed by atoms with Crippen LogP contribution < -0.4 is 10.6 Å². The number of carbonyl (C=O) groups excluding carboxylic acids is 3. The van der Waals surface area contributed by atoms with Crippen LogP contribution in [-0.4, -0.2) is 108 Å². The number of carbonyl (C=O) groups is 3. The third kappa shape index (κ3) is 7.73. The van der Waals surface area contributed by atoms with Crippen molar-refractivity contribution >= 4 is 29.1 Å². The number of β-amino-alcohol motifs (C(OH)–C–C–N with tert-alkyl or cyclic N) is 1. The second-order valence-corrected chi connectivity index (χ2v) is 12.9. The number of likely N-dealkylation sites (tertiary alicyclic amines) is 1. The molecule has 4 atom stereocenters. The molecule has 12 heteroatoms. The largest absolute Gasteiger partial charge is 0.391 e. The van der Waals surface area contributed by atoms with Crippen molar-refractivity contribution in [2.45, 2.75) is 64.9 Å². The fraction of sp³-hybridized carbons (Fsp3) is 0.600. The van der Waals surface area contributed by atoms with Crippen LogP contribution in [0.4, 0.5) is 0 Å². The molecule has 2 unspecified atom stereocenters. The molecule has 2 aliphatic heterocycles. The zero-order chi connectivity index (χ0) is 30.4. The standard InChI is InChI=1S/C30H43N5O6S/c1-19-25(42-18-32-19)21-8-6-20(7-9-21)15-31-27(37)23-14-22(36)16-35(23)29(39)26(30(2,3)4)33-28(38)24-17-41-13-11-34(24)10-12-40-5/h6-9,18,22-24,26,36H,10-17H2,1-5H3,(H,31,37)(H,33,38)/t22-,23+,24?,26?/m1/s1. The van der Waals surface area contributed by atoms with E-state index in [2.05, 4.69) is 15.6 Å². The van der Waals surface area contributed by atoms with Gasteiger partial charge < -0.3 is 30.1 Å². The number of amides is 3. The van der Waals surface area contributed by atoms with Crippen molar-refractivity contribution < 1.29 is 29.0 Å². The van der Waals surface area contributed by atoms with Gasteiger partial charge in [0, 0.05) is 39.7 Å². The van der Waals surface area contributed by atoms with Crippen molar-refractivity contribution in [2.24, 2.45) is 5.41 Å². The Morgan fingerprint density at radius 2 is 1.93 bits per heavy atom. The van der Waals surface area contributed by atoms with E-state index in [9.17, 15) is 19.5 Å². The van der Waals surface area contributed by atoms with Gasteiger partial charge in [0.25, 0.3) is 0 Å². The average Bonchev–Trinajstić information content (AvgIpc) is 3.58. The number of aryl methyl sites for hydroxylation is 1. The molecule has 0 aliphatic carbocycles. The normalized spacial score (nSPS) is 22.1. The molecule has 1 aromatic carbocycles. The maximum absolute atomic E-state index is 13.9. The van der Waals surface area contributed by atoms with Crippen LogP contribution in [-0.2, 0) is 30.4 Å². The van der Waals surface area contributed by atoms with E-state index in [0.717, 1.165) is 21.7 Å². The molecule has 3 N–H and O–H groups in total. The van der Waals surface area contributed by atoms with Crippen molar-refractivity contribution in [2.75, 3.05) is 46.6 Å². The zero-order valence-corrected chi connectivity index (χ0v) is 25.9. The average molecular weight is 602 g/mol. The number of ether oxygens (including phenoxy) is 2. The Balaban J connectivity index is 1.42. The Morgan fingerprint density at radius 1 is 1.19 bits per heavy atom. The molecule has 11 nitrogen and oxygen atoms in total. The second-order valence-electron chi connectivity index (χ2n) is 12.0. The van der Waals surface area contributed by atoms with Crippen molar-refractivity contribution in [3.8, 4) is 10.4 Å². The van der Waals surface area contributed by atoms with Gasteiger partial charge in [0.15, 0.2) is 0 Å². The van der Waals surface area contributed by atoms with E-state index in [0.29, 0.717) is 26.3 Å². The molecule has 230 valence electrons. The van der Waals surface area contributed by atoms with Crippen molar-refractivity contribution in [3.05, 3.63) is 41.0 Å². The van der Waals surface area contributed by atoms with Crippen LogP contribution in [0.1, 0.15) is 38.4 Å². The van der Waals surface area contributed by atoms with Crippen molar-refractivity contribution in [1.29, 1.82) is 0 Å². The van der Waals surface area contributed by atoms with Crippen molar-refractivity contribution in [1.82, 2.24) is 25.4 Å². The van der Waals surface area contributed by atoms with Gasteiger partial charge in [-0.3, -0.25) is 19.3 Å². The number of aliphatic hydroxyl groups is 1. The maximum atomic E-state index is 13.9. The quantitative estimate of drug-likeness (QED) is 0.374. The van der Waals surface area contributed by atoms with E-state index < -0.39 is 35.6 Å². The molecule has 2 fully saturated rings. The third-order valence-corrected chi connectivity index (χ3v) is 8.79. The van der Waals surface area contributed by atoms with Gasteiger partial charge in [-0.2, -0.15) is 0 Å². The summed E-state index contributed by atoms with van der Waals surface area (Å²) in [6, 6.07) is 5.61. The summed E-state index contributed by atoms with van der Waals surface area (Å²) in [5.41, 5.74) is 4.13. The monoisotopic (exact) mass is 601 g/mol. The molecule has 42 heavy (non-hydrogen) atoms. The number of morpholine rings is 1. The highest BCUT2D eigenvalue weighted by molar-refractivity contribution is 7.13. The second kappa shape index (κ2) is 14.0. The molecule has 2 aromatic rings. The number of rotatable bonds is 10. The summed E-state index contributed by atoms with van der Waals surface area (Å²) in [5, 5.41) is 16.4. The van der Waals surface area contributed by atoms with E-state index in [1.54, 1.807) is 18.4 Å². The van der Waals surface area contributed by atoms with E-state index in [-0.39, 0.29) is 37.9 Å². The first-order valence-electron chi connectivity index (χ1n) is 14.4. The Labute approximate surface area is 251 Å². The Kier molecular flexibility index (Phi) is 10.7. The van der Waals surface area contributed by atoms with E-state index >= 15 is 0 Å². The Hall–Kier alpha value is -2.90. The van der Waals surface area contributed by atoms with Gasteiger partial charge >= 0.3 is 0 Å². The maximum Gasteiger partial charge on any atom is 0.246 e. The molecule has 0 saturated carbocycles. The summed E-state index contributed by atoms with van der Waals surface area (Å²) < 4.78 is 10.8. The van der Waals surface area contributed by atoms with E-state index in [1.807, 2.05) is 62.4 Å². The lowest BCUT2D eigenvalue weighted by molar-refractivity contribution is -0.146. The van der Waals surface area contributed by atoms with Gasteiger partial charge in [0.05, 0.1) is 42.0 Å². The number of aromatic nitrogens is 1. The summed E-state index contributed by atoms with van der Waals surface area (Å²) in [4.78, 5) is 49.5. The molecule has 3 heterocycles. The highest BCUT2D eigenvalue weighted by Crippen LogP contribution is 2.28. The molecular weight excluding hydrogens is 558 g/mol. The number of methoxy groups -OCH3 is 1. The van der Waals surface area contributed by atoms with Gasteiger partial charge in [-0.1, -0.05) is 45.0 Å². The molecule has 0 spiro atoms. The fourth-order valence-corrected chi connectivity index (χ4v) is 6.19. The van der Waals surface area contributed by atoms with Crippen LogP contribution in [0.2, 0.25) is 0 Å². The van der Waals surface area contributed by atoms with Gasteiger partial charge in [0.2, 0.25) is 17.7 Å². The molecular formula is C30H43N5O6S. The minimum Gasteiger partial charge on any atom is -0.391 e. The first-order chi connectivity index (χ1) is 20.0. The fourth-order valence-electron chi connectivity index (χ4n) is 5.37. The molecule has 2 saturated heterocycles. The van der Waals surface area contributed by atoms with Crippen LogP contribution in [0.5, 0.6) is 0 Å². The summed E-state index contributed by atoms with van der Waals surface area (Å²) in [5.74, 6) is -1.04. The predicted molar refractivity (Wildman–Crippen MR) is 160 cm³/mol. The predicted octanol–water partition coefficient (Wildman–Crippen LogP) is 1.57. The SMILES string of the molecule is COCCN1CCOCC1C(=O)NC(C(=O)N1C[C@H](O)C[C@H]1C(=O)NCc1ccc(-c2scnc2C)cc1)C(C)(C)C. The number of nitrogens with zero attached hydrogens (tertiary/aromatic N) is 3. The Bertz CT molecular complexity index is 1230. The highest BCUT2D eigenvalue weighted by atomic mass is 32.1. The molecule has 3 amide bonds. The number of hydrogen-bond acceptors (Lipinski definition) is 9. The van der Waals surface area contributed by atoms with Crippen LogP contribution in [0.15, 0.2) is 29.8 Å². The summed E-state index contributed by atoms with van der Waals surface area (Å²) in [6.45, 7) is 10.3. The van der Waals surface area contributed by atoms with Gasteiger partial charge in [-0.15, -0.1) is 11.3 Å². The lowest BCUT2D eigenvalue weighted by atomic mass is 9.85. The van der Waals surface area contributed by atoms with Gasteiger partial charge in [-0.05, 0) is 23.5 Å². The van der Waals surface area contributed by atoms with Gasteiger partial charge in [-0.25, -0.2) is 4.98 Å². The van der Waals surface area contributed by atoms with E-state index in [1.165, 1.54) is 4.90 Å². The molecule has 2 aliphatic rings. The number of nitrogens with one attached hydrogen (secondary N) is 2. The van der Waals surface area contributed by atoms with E-state index in [4.69, 9.17) is 9.47 Å². The van der Waals surface area contributed by atoms with Crippen LogP contribution in [0.3, 0.4) is 0 Å². The number of aliphatic hydroxyl groups excluding tert-OH is 1. The van der Waals surface area contributed by atoms with Crippen molar-refractivity contribution in [3.63, 3.8) is 0 Å². The first-order valence-corrected chi connectivity index (χ1v) is 15.2. The number of benzene rings is 1. The van der Waals surface area contributed by atoms with Crippen LogP contribution in [0.25, 0.3) is 10.4 Å². The minimum atomic E-state index is -0.903. The summed E-state index contributed by atoms with van der Waals surface area (Å²) in [7, 11) is 1.61. The Morgan fingerprint density at radius 3 is 2.57 bits per heavy atom. The third-order valence-electron chi connectivity index (χ3n) is 7.82. The number of hydrogen-bond donors (Lipinski definition) is 3. The molecule has 0 bridgehead atoms. The highest BCUT2D eigenvalue weighted by Gasteiger charge is 2.45. The summed E-state index contributed by atoms with van der Waals surface area (Å²) in [6.07, 6.45) is -0.702. The molecule has 1 aromatic heterocycles. The van der Waals surface area contributed by atoms with Crippen LogP contribution >= 0.6 is 11.3 Å². The summed E-state index contributed by atoms with van der Waals surface area (Å²) >= 11 is 1.58. The zero-order valence-electron chi connectivity index (χ0n) is 25.1. The van der Waals surface area contributed by atoms with Crippen LogP contribution in [0, 0.1) is 12.3 Å². The number of thiazole rings is 1. The lowest BCUT2D eigenvalue weighted by Gasteiger charge is -2.38.